The van der Waals surface area contributed by atoms with Crippen molar-refractivity contribution in [1.82, 2.24) is 5.32 Å². The van der Waals surface area contributed by atoms with E-state index >= 15 is 0 Å². The number of carbonyl (C=O) groups is 1. The summed E-state index contributed by atoms with van der Waals surface area (Å²) < 4.78 is 0. The Bertz CT molecular complexity index is 557. The minimum absolute atomic E-state index is 0. The molecule has 0 bridgehead atoms. The van der Waals surface area contributed by atoms with Crippen molar-refractivity contribution in [2.45, 2.75) is 12.8 Å². The Hall–Kier alpha value is -1.58. The molecule has 0 radical (unpaired) electrons. The maximum absolute atomic E-state index is 11.9. The predicted molar refractivity (Wildman–Crippen MR) is 81.7 cm³/mol. The fourth-order valence-corrected chi connectivity index (χ4v) is 1.98. The van der Waals surface area contributed by atoms with Gasteiger partial charge in [-0.2, -0.15) is 0 Å². The van der Waals surface area contributed by atoms with E-state index < -0.39 is 0 Å². The first-order chi connectivity index (χ1) is 8.72. The Morgan fingerprint density at radius 3 is 2.58 bits per heavy atom. The third-order valence-electron chi connectivity index (χ3n) is 3.11. The minimum atomic E-state index is -0.152. The molecule has 1 amide bonds. The number of amides is 1. The molecule has 102 valence electrons. The summed E-state index contributed by atoms with van der Waals surface area (Å²) in [6.07, 6.45) is 0. The van der Waals surface area contributed by atoms with Crippen LogP contribution in [0.5, 0.6) is 0 Å². The Morgan fingerprint density at radius 1 is 1.21 bits per heavy atom. The summed E-state index contributed by atoms with van der Waals surface area (Å²) in [4.78, 5) is 11.9. The van der Waals surface area contributed by atoms with Crippen molar-refractivity contribution in [2.24, 2.45) is 5.73 Å². The zero-order valence-corrected chi connectivity index (χ0v) is 11.7. The molecule has 0 saturated heterocycles. The number of carbonyl (C=O) groups excluding carboxylic acids is 1. The lowest BCUT2D eigenvalue weighted by Gasteiger charge is -2.12. The molecule has 4 heteroatoms. The minimum Gasteiger partial charge on any atom is -0.354 e. The molecule has 0 aliphatic heterocycles. The number of hydrogen-bond donors (Lipinski definition) is 2. The Morgan fingerprint density at radius 2 is 1.89 bits per heavy atom. The lowest BCUT2D eigenvalue weighted by atomic mass is 9.97. The van der Waals surface area contributed by atoms with Crippen LogP contribution in [0.2, 0.25) is 0 Å². The molecule has 2 aromatic carbocycles. The quantitative estimate of drug-likeness (QED) is 0.903. The standard InChI is InChI=1S/C15H18N2O.ClH/c1-11(15(18)17-9-8-16)13-7-6-12-4-2-3-5-14(12)10-13;/h2-7,10-11H,8-9,16H2,1H3,(H,17,18);1H. The van der Waals surface area contributed by atoms with E-state index in [9.17, 15) is 4.79 Å². The molecule has 0 aliphatic carbocycles. The van der Waals surface area contributed by atoms with E-state index in [4.69, 9.17) is 5.73 Å². The number of benzene rings is 2. The average molecular weight is 279 g/mol. The van der Waals surface area contributed by atoms with Gasteiger partial charge in [0, 0.05) is 13.1 Å². The maximum Gasteiger partial charge on any atom is 0.227 e. The third-order valence-corrected chi connectivity index (χ3v) is 3.11. The van der Waals surface area contributed by atoms with Crippen LogP contribution < -0.4 is 11.1 Å². The predicted octanol–water partition coefficient (Wildman–Crippen LogP) is 2.44. The molecule has 0 saturated carbocycles. The van der Waals surface area contributed by atoms with Gasteiger partial charge in [0.05, 0.1) is 5.92 Å². The van der Waals surface area contributed by atoms with E-state index in [0.717, 1.165) is 10.9 Å². The van der Waals surface area contributed by atoms with Crippen molar-refractivity contribution >= 4 is 29.1 Å². The lowest BCUT2D eigenvalue weighted by Crippen LogP contribution is -2.32. The van der Waals surface area contributed by atoms with Crippen molar-refractivity contribution in [3.05, 3.63) is 48.0 Å². The van der Waals surface area contributed by atoms with Crippen LogP contribution in [-0.2, 0) is 4.79 Å². The van der Waals surface area contributed by atoms with Gasteiger partial charge in [-0.1, -0.05) is 42.5 Å². The van der Waals surface area contributed by atoms with Gasteiger partial charge < -0.3 is 11.1 Å². The highest BCUT2D eigenvalue weighted by atomic mass is 35.5. The monoisotopic (exact) mass is 278 g/mol. The van der Waals surface area contributed by atoms with Crippen molar-refractivity contribution in [2.75, 3.05) is 13.1 Å². The molecule has 0 fully saturated rings. The van der Waals surface area contributed by atoms with Crippen molar-refractivity contribution in [3.8, 4) is 0 Å². The van der Waals surface area contributed by atoms with Crippen molar-refractivity contribution < 1.29 is 4.79 Å². The van der Waals surface area contributed by atoms with E-state index in [-0.39, 0.29) is 24.2 Å². The molecule has 1 unspecified atom stereocenters. The third kappa shape index (κ3) is 3.69. The summed E-state index contributed by atoms with van der Waals surface area (Å²) in [5.41, 5.74) is 6.41. The van der Waals surface area contributed by atoms with Crippen LogP contribution in [0.25, 0.3) is 10.8 Å². The number of halogens is 1. The number of rotatable bonds is 4. The molecular weight excluding hydrogens is 260 g/mol. The van der Waals surface area contributed by atoms with Crippen LogP contribution >= 0.6 is 12.4 Å². The molecule has 19 heavy (non-hydrogen) atoms. The van der Waals surface area contributed by atoms with Gasteiger partial charge in [0.1, 0.15) is 0 Å². The van der Waals surface area contributed by atoms with Gasteiger partial charge in [-0.15, -0.1) is 12.4 Å². The second-order valence-electron chi connectivity index (χ2n) is 4.41. The number of nitrogens with two attached hydrogens (primary N) is 1. The van der Waals surface area contributed by atoms with E-state index in [2.05, 4.69) is 29.6 Å². The normalized spacial score (nSPS) is 11.7. The fourth-order valence-electron chi connectivity index (χ4n) is 1.98. The summed E-state index contributed by atoms with van der Waals surface area (Å²) in [6, 6.07) is 14.3. The summed E-state index contributed by atoms with van der Waals surface area (Å²) in [5, 5.41) is 5.17. The molecule has 0 heterocycles. The average Bonchev–Trinajstić information content (AvgIpc) is 2.43. The molecule has 2 rings (SSSR count). The van der Waals surface area contributed by atoms with Gasteiger partial charge in [-0.25, -0.2) is 0 Å². The zero-order chi connectivity index (χ0) is 13.0. The van der Waals surface area contributed by atoms with Crippen molar-refractivity contribution in [1.29, 1.82) is 0 Å². The second kappa shape index (κ2) is 7.12. The first kappa shape index (κ1) is 15.5. The number of nitrogens with one attached hydrogen (secondary N) is 1. The van der Waals surface area contributed by atoms with Gasteiger partial charge in [0.15, 0.2) is 0 Å². The van der Waals surface area contributed by atoms with Gasteiger partial charge in [0.25, 0.3) is 0 Å². The van der Waals surface area contributed by atoms with E-state index in [1.165, 1.54) is 5.39 Å². The van der Waals surface area contributed by atoms with E-state index in [1.807, 2.05) is 25.1 Å². The number of hydrogen-bond acceptors (Lipinski definition) is 2. The zero-order valence-electron chi connectivity index (χ0n) is 10.9. The highest BCUT2D eigenvalue weighted by molar-refractivity contribution is 5.87. The van der Waals surface area contributed by atoms with Gasteiger partial charge >= 0.3 is 0 Å². The summed E-state index contributed by atoms with van der Waals surface area (Å²) in [6.45, 7) is 2.91. The van der Waals surface area contributed by atoms with Gasteiger partial charge in [0.2, 0.25) is 5.91 Å². The second-order valence-corrected chi connectivity index (χ2v) is 4.41. The van der Waals surface area contributed by atoms with Crippen LogP contribution in [0.4, 0.5) is 0 Å². The molecule has 1 atom stereocenters. The van der Waals surface area contributed by atoms with Gasteiger partial charge in [-0.05, 0) is 23.3 Å². The summed E-state index contributed by atoms with van der Waals surface area (Å²) in [7, 11) is 0. The molecule has 3 N–H and O–H groups in total. The fraction of sp³-hybridized carbons (Fsp3) is 0.267. The Balaban J connectivity index is 0.00000180. The van der Waals surface area contributed by atoms with E-state index in [0.29, 0.717) is 13.1 Å². The number of fused-ring (bicyclic) bond motifs is 1. The largest absolute Gasteiger partial charge is 0.354 e. The van der Waals surface area contributed by atoms with Crippen molar-refractivity contribution in [3.63, 3.8) is 0 Å². The molecule has 0 aliphatic rings. The highest BCUT2D eigenvalue weighted by Crippen LogP contribution is 2.21. The topological polar surface area (TPSA) is 55.1 Å². The maximum atomic E-state index is 11.9. The molecule has 0 aromatic heterocycles. The lowest BCUT2D eigenvalue weighted by molar-refractivity contribution is -0.122. The first-order valence-electron chi connectivity index (χ1n) is 6.19. The SMILES string of the molecule is CC(C(=O)NCCN)c1ccc2ccccc2c1.Cl. The molecular formula is C15H19ClN2O. The Labute approximate surface area is 119 Å². The van der Waals surface area contributed by atoms with E-state index in [1.54, 1.807) is 0 Å². The highest BCUT2D eigenvalue weighted by Gasteiger charge is 2.14. The van der Waals surface area contributed by atoms with Crippen LogP contribution in [0, 0.1) is 0 Å². The smallest absolute Gasteiger partial charge is 0.227 e. The summed E-state index contributed by atoms with van der Waals surface area (Å²) >= 11 is 0. The molecule has 3 nitrogen and oxygen atoms in total. The van der Waals surface area contributed by atoms with Crippen LogP contribution in [0.1, 0.15) is 18.4 Å². The van der Waals surface area contributed by atoms with Crippen LogP contribution in [-0.4, -0.2) is 19.0 Å². The summed E-state index contributed by atoms with van der Waals surface area (Å²) in [5.74, 6) is -0.128. The molecule has 0 spiro atoms. The van der Waals surface area contributed by atoms with Crippen LogP contribution in [0.3, 0.4) is 0 Å². The first-order valence-corrected chi connectivity index (χ1v) is 6.19. The Kier molecular flexibility index (Phi) is 5.80. The van der Waals surface area contributed by atoms with Gasteiger partial charge in [-0.3, -0.25) is 4.79 Å². The van der Waals surface area contributed by atoms with Crippen LogP contribution in [0.15, 0.2) is 42.5 Å². The molecule has 2 aromatic rings.